The second-order valence-electron chi connectivity index (χ2n) is 10.9. The molecule has 3 aromatic heterocycles. The van der Waals surface area contributed by atoms with Crippen molar-refractivity contribution in [3.63, 3.8) is 0 Å². The van der Waals surface area contributed by atoms with Gasteiger partial charge in [0.15, 0.2) is 0 Å². The Morgan fingerprint density at radius 3 is 2.14 bits per heavy atom. The van der Waals surface area contributed by atoms with Crippen LogP contribution < -0.4 is 0 Å². The number of hydrogen-bond donors (Lipinski definition) is 0. The predicted octanol–water partition coefficient (Wildman–Crippen LogP) is 10.8. The Kier molecular flexibility index (Phi) is 4.38. The summed E-state index contributed by atoms with van der Waals surface area (Å²) >= 11 is 1.86. The first kappa shape index (κ1) is 22.5. The zero-order valence-electron chi connectivity index (χ0n) is 22.4. The summed E-state index contributed by atoms with van der Waals surface area (Å²) in [7, 11) is 0. The van der Waals surface area contributed by atoms with Crippen LogP contribution in [-0.2, 0) is 0 Å². The fourth-order valence-corrected chi connectivity index (χ4v) is 8.15. The number of rotatable bonds is 2. The minimum Gasteiger partial charge on any atom is -0.456 e. The number of para-hydroxylation sites is 3. The quantitative estimate of drug-likeness (QED) is 0.212. The molecule has 0 radical (unpaired) electrons. The maximum atomic E-state index is 6.39. The molecule has 0 fully saturated rings. The SMILES string of the molecule is c1ccc(-c2cccc3c2c2c4cccc5c4n(c2n3-c2cccc3oc4ccccc4c23)-c2ccccc2S5)cc1. The molecule has 0 saturated carbocycles. The van der Waals surface area contributed by atoms with E-state index in [-0.39, 0.29) is 0 Å². The molecule has 0 aliphatic carbocycles. The minimum atomic E-state index is 0.898. The van der Waals surface area contributed by atoms with Crippen molar-refractivity contribution in [1.82, 2.24) is 9.13 Å². The first-order valence-corrected chi connectivity index (χ1v) is 15.0. The van der Waals surface area contributed by atoms with Gasteiger partial charge in [0.05, 0.1) is 27.8 Å². The molecule has 6 aromatic carbocycles. The van der Waals surface area contributed by atoms with Crippen molar-refractivity contribution < 1.29 is 4.42 Å². The summed E-state index contributed by atoms with van der Waals surface area (Å²) in [4.78, 5) is 2.55. The third-order valence-corrected chi connectivity index (χ3v) is 9.82. The van der Waals surface area contributed by atoms with Gasteiger partial charge in [0.25, 0.3) is 0 Å². The van der Waals surface area contributed by atoms with Crippen LogP contribution in [0.15, 0.2) is 148 Å². The highest BCUT2D eigenvalue weighted by atomic mass is 32.2. The van der Waals surface area contributed by atoms with Gasteiger partial charge < -0.3 is 4.42 Å². The summed E-state index contributed by atoms with van der Waals surface area (Å²) in [6.45, 7) is 0. The Bertz CT molecular complexity index is 2550. The molecular weight excluding hydrogens is 532 g/mol. The molecule has 42 heavy (non-hydrogen) atoms. The predicted molar refractivity (Wildman–Crippen MR) is 174 cm³/mol. The Balaban J connectivity index is 1.50. The molecular formula is C38H22N2OS. The van der Waals surface area contributed by atoms with Gasteiger partial charge in [0, 0.05) is 31.3 Å². The Labute approximate surface area is 245 Å². The molecule has 0 atom stereocenters. The van der Waals surface area contributed by atoms with Gasteiger partial charge in [0.2, 0.25) is 0 Å². The van der Waals surface area contributed by atoms with E-state index in [4.69, 9.17) is 4.42 Å². The van der Waals surface area contributed by atoms with E-state index in [1.54, 1.807) is 0 Å². The van der Waals surface area contributed by atoms with Crippen LogP contribution in [0.3, 0.4) is 0 Å². The fraction of sp³-hybridized carbons (Fsp3) is 0. The zero-order valence-corrected chi connectivity index (χ0v) is 23.2. The van der Waals surface area contributed by atoms with E-state index in [9.17, 15) is 0 Å². The topological polar surface area (TPSA) is 23.0 Å². The zero-order chi connectivity index (χ0) is 27.4. The van der Waals surface area contributed by atoms with E-state index in [1.807, 2.05) is 17.8 Å². The molecule has 0 saturated heterocycles. The molecule has 1 aliphatic heterocycles. The second-order valence-corrected chi connectivity index (χ2v) is 12.0. The molecule has 4 heterocycles. The van der Waals surface area contributed by atoms with E-state index >= 15 is 0 Å². The number of benzene rings is 6. The van der Waals surface area contributed by atoms with E-state index in [1.165, 1.54) is 59.4 Å². The van der Waals surface area contributed by atoms with Gasteiger partial charge in [-0.3, -0.25) is 9.13 Å². The van der Waals surface area contributed by atoms with E-state index in [0.29, 0.717) is 0 Å². The largest absolute Gasteiger partial charge is 0.456 e. The summed E-state index contributed by atoms with van der Waals surface area (Å²) in [5.41, 5.74) is 10.2. The third kappa shape index (κ3) is 2.82. The molecule has 0 unspecified atom stereocenters. The van der Waals surface area contributed by atoms with Crippen molar-refractivity contribution in [3.8, 4) is 22.5 Å². The van der Waals surface area contributed by atoms with Gasteiger partial charge in [-0.1, -0.05) is 103 Å². The Hall–Kier alpha value is -5.19. The first-order valence-electron chi connectivity index (χ1n) is 14.2. The van der Waals surface area contributed by atoms with Crippen LogP contribution in [0.1, 0.15) is 0 Å². The average molecular weight is 555 g/mol. The van der Waals surface area contributed by atoms with Crippen LogP contribution in [0, 0.1) is 0 Å². The molecule has 10 rings (SSSR count). The molecule has 3 nitrogen and oxygen atoms in total. The van der Waals surface area contributed by atoms with Crippen LogP contribution >= 0.6 is 11.8 Å². The van der Waals surface area contributed by atoms with E-state index < -0.39 is 0 Å². The third-order valence-electron chi connectivity index (χ3n) is 8.70. The van der Waals surface area contributed by atoms with Crippen molar-refractivity contribution in [2.24, 2.45) is 0 Å². The van der Waals surface area contributed by atoms with Crippen molar-refractivity contribution in [3.05, 3.63) is 133 Å². The summed E-state index contributed by atoms with van der Waals surface area (Å²) < 4.78 is 11.4. The van der Waals surface area contributed by atoms with Crippen LogP contribution in [0.5, 0.6) is 0 Å². The molecule has 4 heteroatoms. The maximum Gasteiger partial charge on any atom is 0.137 e. The van der Waals surface area contributed by atoms with Crippen LogP contribution in [-0.4, -0.2) is 9.13 Å². The highest BCUT2D eigenvalue weighted by Gasteiger charge is 2.29. The Morgan fingerprint density at radius 1 is 0.476 bits per heavy atom. The minimum absolute atomic E-state index is 0.898. The lowest BCUT2D eigenvalue weighted by Gasteiger charge is -2.21. The number of hydrogen-bond acceptors (Lipinski definition) is 2. The van der Waals surface area contributed by atoms with Crippen molar-refractivity contribution in [2.45, 2.75) is 9.79 Å². The van der Waals surface area contributed by atoms with Gasteiger partial charge in [-0.2, -0.15) is 0 Å². The van der Waals surface area contributed by atoms with Crippen LogP contribution in [0.2, 0.25) is 0 Å². The summed E-state index contributed by atoms with van der Waals surface area (Å²) in [5, 5.41) is 6.09. The summed E-state index contributed by atoms with van der Waals surface area (Å²) in [5.74, 6) is 0. The molecule has 0 spiro atoms. The number of furan rings is 1. The standard InChI is InChI=1S/C38H22N2OS/c1-2-11-23(12-3-1)24-14-8-17-29-35(24)36-26-15-9-22-33-37(26)40(27-16-5-7-21-32(27)42-33)38(36)39(29)28-18-10-20-31-34(28)25-13-4-6-19-30(25)41-31/h1-22H. The Morgan fingerprint density at radius 2 is 1.19 bits per heavy atom. The number of fused-ring (bicyclic) bond motifs is 10. The lowest BCUT2D eigenvalue weighted by atomic mass is 9.99. The highest BCUT2D eigenvalue weighted by Crippen LogP contribution is 2.51. The fourth-order valence-electron chi connectivity index (χ4n) is 7.06. The smallest absolute Gasteiger partial charge is 0.137 e. The van der Waals surface area contributed by atoms with Gasteiger partial charge in [0.1, 0.15) is 16.8 Å². The molecule has 1 aliphatic rings. The molecule has 0 N–H and O–H groups in total. The van der Waals surface area contributed by atoms with Gasteiger partial charge in [-0.15, -0.1) is 0 Å². The molecule has 0 amide bonds. The lowest BCUT2D eigenvalue weighted by Crippen LogP contribution is -2.05. The monoisotopic (exact) mass is 554 g/mol. The number of aromatic nitrogens is 2. The highest BCUT2D eigenvalue weighted by molar-refractivity contribution is 7.99. The second kappa shape index (κ2) is 8.19. The summed E-state index contributed by atoms with van der Waals surface area (Å²) in [6, 6.07) is 47.9. The van der Waals surface area contributed by atoms with Crippen molar-refractivity contribution in [2.75, 3.05) is 0 Å². The van der Waals surface area contributed by atoms with Crippen molar-refractivity contribution >= 4 is 66.5 Å². The average Bonchev–Trinajstić information content (AvgIpc) is 3.70. The molecule has 9 aromatic rings. The van der Waals surface area contributed by atoms with E-state index in [2.05, 4.69) is 137 Å². The van der Waals surface area contributed by atoms with Crippen LogP contribution in [0.25, 0.3) is 77.3 Å². The van der Waals surface area contributed by atoms with E-state index in [0.717, 1.165) is 27.6 Å². The van der Waals surface area contributed by atoms with Crippen LogP contribution in [0.4, 0.5) is 0 Å². The van der Waals surface area contributed by atoms with Gasteiger partial charge in [-0.25, -0.2) is 0 Å². The normalized spacial score (nSPS) is 12.7. The number of nitrogens with zero attached hydrogens (tertiary/aromatic N) is 2. The van der Waals surface area contributed by atoms with Gasteiger partial charge in [-0.05, 0) is 53.6 Å². The van der Waals surface area contributed by atoms with Crippen molar-refractivity contribution in [1.29, 1.82) is 0 Å². The van der Waals surface area contributed by atoms with Gasteiger partial charge >= 0.3 is 0 Å². The molecule has 196 valence electrons. The first-order chi connectivity index (χ1) is 20.9. The molecule has 0 bridgehead atoms. The lowest BCUT2D eigenvalue weighted by molar-refractivity contribution is 0.669. The summed E-state index contributed by atoms with van der Waals surface area (Å²) in [6.07, 6.45) is 0. The maximum absolute atomic E-state index is 6.39.